The summed E-state index contributed by atoms with van der Waals surface area (Å²) in [6.45, 7) is 6.69. The molecule has 1 N–H and O–H groups in total. The minimum atomic E-state index is 0.631. The SMILES string of the molecule is CCSC[C@H](C)N1CCc2nc(-c3ccccc3)[nH]c2C1. The van der Waals surface area contributed by atoms with E-state index in [1.165, 1.54) is 28.5 Å². The molecule has 0 saturated heterocycles. The largest absolute Gasteiger partial charge is 0.341 e. The van der Waals surface area contributed by atoms with Crippen LogP contribution in [0.25, 0.3) is 11.4 Å². The normalized spacial score (nSPS) is 16.7. The molecule has 0 bridgehead atoms. The predicted molar refractivity (Wildman–Crippen MR) is 90.6 cm³/mol. The molecule has 0 aliphatic carbocycles. The first kappa shape index (κ1) is 14.7. The van der Waals surface area contributed by atoms with Gasteiger partial charge in [-0.3, -0.25) is 4.90 Å². The third-order valence-electron chi connectivity index (χ3n) is 4.10. The number of benzene rings is 1. The summed E-state index contributed by atoms with van der Waals surface area (Å²) >= 11 is 2.03. The van der Waals surface area contributed by atoms with Crippen molar-refractivity contribution in [1.82, 2.24) is 14.9 Å². The smallest absolute Gasteiger partial charge is 0.137 e. The molecule has 4 heteroatoms. The average molecular weight is 301 g/mol. The van der Waals surface area contributed by atoms with Crippen LogP contribution in [-0.2, 0) is 13.0 Å². The number of H-pyrrole nitrogens is 1. The molecular formula is C17H23N3S. The van der Waals surface area contributed by atoms with Gasteiger partial charge < -0.3 is 4.98 Å². The first-order valence-corrected chi connectivity index (χ1v) is 8.88. The van der Waals surface area contributed by atoms with Gasteiger partial charge in [0.05, 0.1) is 11.4 Å². The van der Waals surface area contributed by atoms with Crippen LogP contribution in [0.5, 0.6) is 0 Å². The van der Waals surface area contributed by atoms with Gasteiger partial charge in [0.15, 0.2) is 0 Å². The summed E-state index contributed by atoms with van der Waals surface area (Å²) in [5.74, 6) is 3.43. The molecule has 112 valence electrons. The zero-order valence-corrected chi connectivity index (χ0v) is 13.6. The molecule has 0 saturated carbocycles. The van der Waals surface area contributed by atoms with E-state index < -0.39 is 0 Å². The number of hydrogen-bond donors (Lipinski definition) is 1. The molecule has 0 fully saturated rings. The van der Waals surface area contributed by atoms with Crippen LogP contribution in [0.4, 0.5) is 0 Å². The summed E-state index contributed by atoms with van der Waals surface area (Å²) in [4.78, 5) is 10.9. The van der Waals surface area contributed by atoms with Crippen LogP contribution >= 0.6 is 11.8 Å². The number of hydrogen-bond acceptors (Lipinski definition) is 3. The second-order valence-electron chi connectivity index (χ2n) is 5.61. The number of fused-ring (bicyclic) bond motifs is 1. The number of aromatic amines is 1. The highest BCUT2D eigenvalue weighted by molar-refractivity contribution is 7.99. The number of nitrogens with one attached hydrogen (secondary N) is 1. The maximum atomic E-state index is 4.79. The summed E-state index contributed by atoms with van der Waals surface area (Å²) in [7, 11) is 0. The van der Waals surface area contributed by atoms with Gasteiger partial charge >= 0.3 is 0 Å². The highest BCUT2D eigenvalue weighted by atomic mass is 32.2. The van der Waals surface area contributed by atoms with Crippen LogP contribution in [0.2, 0.25) is 0 Å². The van der Waals surface area contributed by atoms with E-state index in [0.717, 1.165) is 25.3 Å². The van der Waals surface area contributed by atoms with Gasteiger partial charge in [-0.1, -0.05) is 37.3 Å². The summed E-state index contributed by atoms with van der Waals surface area (Å²) < 4.78 is 0. The average Bonchev–Trinajstić information content (AvgIpc) is 2.96. The van der Waals surface area contributed by atoms with E-state index >= 15 is 0 Å². The van der Waals surface area contributed by atoms with Crippen LogP contribution < -0.4 is 0 Å². The molecule has 0 unspecified atom stereocenters. The van der Waals surface area contributed by atoms with Crippen LogP contribution in [0.3, 0.4) is 0 Å². The van der Waals surface area contributed by atoms with Gasteiger partial charge in [-0.05, 0) is 12.7 Å². The lowest BCUT2D eigenvalue weighted by atomic mass is 10.1. The molecule has 0 spiro atoms. The molecule has 21 heavy (non-hydrogen) atoms. The maximum absolute atomic E-state index is 4.79. The Balaban J connectivity index is 1.73. The quantitative estimate of drug-likeness (QED) is 0.916. The summed E-state index contributed by atoms with van der Waals surface area (Å²) in [5, 5.41) is 0. The van der Waals surface area contributed by atoms with Gasteiger partial charge in [0.2, 0.25) is 0 Å². The Morgan fingerprint density at radius 1 is 1.33 bits per heavy atom. The molecule has 0 radical (unpaired) electrons. The molecule has 1 aromatic carbocycles. The molecule has 3 nitrogen and oxygen atoms in total. The van der Waals surface area contributed by atoms with Gasteiger partial charge in [0, 0.05) is 36.9 Å². The van der Waals surface area contributed by atoms with Crippen molar-refractivity contribution in [2.45, 2.75) is 32.9 Å². The zero-order valence-electron chi connectivity index (χ0n) is 12.8. The molecule has 2 aromatic rings. The number of thioether (sulfide) groups is 1. The molecule has 1 aliphatic heterocycles. The molecule has 2 heterocycles. The number of rotatable bonds is 5. The van der Waals surface area contributed by atoms with Crippen molar-refractivity contribution in [1.29, 1.82) is 0 Å². The van der Waals surface area contributed by atoms with Crippen LogP contribution in [0.15, 0.2) is 30.3 Å². The monoisotopic (exact) mass is 301 g/mol. The van der Waals surface area contributed by atoms with Crippen molar-refractivity contribution < 1.29 is 0 Å². The van der Waals surface area contributed by atoms with Crippen molar-refractivity contribution in [3.63, 3.8) is 0 Å². The van der Waals surface area contributed by atoms with Crippen LogP contribution in [0, 0.1) is 0 Å². The topological polar surface area (TPSA) is 31.9 Å². The number of aromatic nitrogens is 2. The van der Waals surface area contributed by atoms with E-state index in [9.17, 15) is 0 Å². The van der Waals surface area contributed by atoms with Gasteiger partial charge in [0.1, 0.15) is 5.82 Å². The fourth-order valence-electron chi connectivity index (χ4n) is 2.82. The fourth-order valence-corrected chi connectivity index (χ4v) is 3.61. The molecule has 1 atom stereocenters. The van der Waals surface area contributed by atoms with Gasteiger partial charge in [0.25, 0.3) is 0 Å². The third-order valence-corrected chi connectivity index (χ3v) is 5.22. The van der Waals surface area contributed by atoms with E-state index in [2.05, 4.69) is 48.0 Å². The van der Waals surface area contributed by atoms with Gasteiger partial charge in [-0.25, -0.2) is 4.98 Å². The molecule has 3 rings (SSSR count). The Morgan fingerprint density at radius 3 is 2.90 bits per heavy atom. The van der Waals surface area contributed by atoms with Crippen molar-refractivity contribution in [2.24, 2.45) is 0 Å². The highest BCUT2D eigenvalue weighted by Crippen LogP contribution is 2.24. The molecule has 0 amide bonds. The van der Waals surface area contributed by atoms with Crippen molar-refractivity contribution in [3.8, 4) is 11.4 Å². The van der Waals surface area contributed by atoms with E-state index in [0.29, 0.717) is 6.04 Å². The Labute approximate surface area is 131 Å². The second kappa shape index (κ2) is 6.67. The van der Waals surface area contributed by atoms with E-state index in [4.69, 9.17) is 4.98 Å². The third kappa shape index (κ3) is 3.33. The van der Waals surface area contributed by atoms with E-state index in [-0.39, 0.29) is 0 Å². The Hall–Kier alpha value is -1.26. The Kier molecular flexibility index (Phi) is 4.66. The van der Waals surface area contributed by atoms with Crippen molar-refractivity contribution in [2.75, 3.05) is 18.1 Å². The Morgan fingerprint density at radius 2 is 2.14 bits per heavy atom. The van der Waals surface area contributed by atoms with Gasteiger partial charge in [-0.2, -0.15) is 11.8 Å². The summed E-state index contributed by atoms with van der Waals surface area (Å²) in [6.07, 6.45) is 1.06. The highest BCUT2D eigenvalue weighted by Gasteiger charge is 2.23. The van der Waals surface area contributed by atoms with E-state index in [1.807, 2.05) is 17.8 Å². The Bertz CT molecular complexity index is 579. The van der Waals surface area contributed by atoms with E-state index in [1.54, 1.807) is 0 Å². The second-order valence-corrected chi connectivity index (χ2v) is 6.92. The molecular weight excluding hydrogens is 278 g/mol. The lowest BCUT2D eigenvalue weighted by Gasteiger charge is -2.31. The zero-order chi connectivity index (χ0) is 14.7. The minimum absolute atomic E-state index is 0.631. The summed E-state index contributed by atoms with van der Waals surface area (Å²) in [5.41, 5.74) is 3.72. The van der Waals surface area contributed by atoms with Crippen LogP contribution in [-0.4, -0.2) is 39.0 Å². The minimum Gasteiger partial charge on any atom is -0.341 e. The first-order chi connectivity index (χ1) is 10.3. The van der Waals surface area contributed by atoms with Crippen molar-refractivity contribution >= 4 is 11.8 Å². The van der Waals surface area contributed by atoms with Crippen LogP contribution in [0.1, 0.15) is 25.2 Å². The van der Waals surface area contributed by atoms with Gasteiger partial charge in [-0.15, -0.1) is 0 Å². The lowest BCUT2D eigenvalue weighted by Crippen LogP contribution is -2.39. The number of nitrogens with zero attached hydrogens (tertiary/aromatic N) is 2. The first-order valence-electron chi connectivity index (χ1n) is 7.73. The predicted octanol–water partition coefficient (Wildman–Crippen LogP) is 3.58. The fraction of sp³-hybridized carbons (Fsp3) is 0.471. The summed E-state index contributed by atoms with van der Waals surface area (Å²) in [6, 6.07) is 11.0. The molecule has 1 aliphatic rings. The standard InChI is InChI=1S/C17H23N3S/c1-3-21-12-13(2)20-10-9-15-16(11-20)19-17(18-15)14-7-5-4-6-8-14/h4-8,13H,3,9-12H2,1-2H3,(H,18,19)/t13-/m0/s1. The van der Waals surface area contributed by atoms with Crippen molar-refractivity contribution in [3.05, 3.63) is 41.7 Å². The number of imidazole rings is 1. The maximum Gasteiger partial charge on any atom is 0.137 e. The molecule has 1 aromatic heterocycles. The lowest BCUT2D eigenvalue weighted by molar-refractivity contribution is 0.203.